The van der Waals surface area contributed by atoms with Crippen LogP contribution in [0, 0.1) is 0 Å². The summed E-state index contributed by atoms with van der Waals surface area (Å²) in [6.07, 6.45) is 4.56. The first-order chi connectivity index (χ1) is 17.7. The van der Waals surface area contributed by atoms with Gasteiger partial charge in [0.25, 0.3) is 5.91 Å². The molecule has 2 aromatic carbocycles. The van der Waals surface area contributed by atoms with E-state index in [2.05, 4.69) is 48.9 Å². The Morgan fingerprint density at radius 3 is 2.43 bits per heavy atom. The van der Waals surface area contributed by atoms with Gasteiger partial charge in [-0.15, -0.1) is 0 Å². The van der Waals surface area contributed by atoms with E-state index in [1.165, 1.54) is 5.56 Å². The van der Waals surface area contributed by atoms with Crippen molar-refractivity contribution in [3.63, 3.8) is 0 Å². The van der Waals surface area contributed by atoms with Gasteiger partial charge in [-0.05, 0) is 59.8 Å². The third-order valence-electron chi connectivity index (χ3n) is 7.12. The van der Waals surface area contributed by atoms with Crippen LogP contribution >= 0.6 is 0 Å². The highest BCUT2D eigenvalue weighted by Crippen LogP contribution is 2.41. The molecule has 0 unspecified atom stereocenters. The largest absolute Gasteiger partial charge is 0.497 e. The molecule has 6 nitrogen and oxygen atoms in total. The fourth-order valence-corrected chi connectivity index (χ4v) is 5.99. The Balaban J connectivity index is 2.02. The summed E-state index contributed by atoms with van der Waals surface area (Å²) < 4.78 is 10.6. The highest BCUT2D eigenvalue weighted by molar-refractivity contribution is 6.76. The maximum absolute atomic E-state index is 13.9. The molecule has 3 rings (SSSR count). The van der Waals surface area contributed by atoms with Crippen molar-refractivity contribution in [3.05, 3.63) is 64.7 Å². The van der Waals surface area contributed by atoms with Gasteiger partial charge in [-0.2, -0.15) is 0 Å². The predicted octanol–water partition coefficient (Wildman–Crippen LogP) is 5.83. The molecule has 1 aliphatic rings. The first kappa shape index (κ1) is 28.9. The lowest BCUT2D eigenvalue weighted by atomic mass is 9.82. The van der Waals surface area contributed by atoms with Crippen LogP contribution in [0.4, 0.5) is 0 Å². The molecule has 7 heteroatoms. The van der Waals surface area contributed by atoms with Crippen LogP contribution in [0.15, 0.2) is 42.5 Å². The summed E-state index contributed by atoms with van der Waals surface area (Å²) in [6.45, 7) is 10.1. The highest BCUT2D eigenvalue weighted by atomic mass is 28.3. The predicted molar refractivity (Wildman–Crippen MR) is 152 cm³/mol. The average Bonchev–Trinajstić information content (AvgIpc) is 2.89. The second-order valence-corrected chi connectivity index (χ2v) is 16.8. The number of nitrogens with one attached hydrogen (secondary N) is 1. The number of carbonyl (C=O) groups is 2. The minimum absolute atomic E-state index is 0.124. The Labute approximate surface area is 223 Å². The molecule has 2 atom stereocenters. The lowest BCUT2D eigenvalue weighted by Crippen LogP contribution is -2.48. The summed E-state index contributed by atoms with van der Waals surface area (Å²) in [5.41, 5.74) is 4.01. The van der Waals surface area contributed by atoms with Crippen LogP contribution in [0.2, 0.25) is 25.7 Å². The Kier molecular flexibility index (Phi) is 10.3. The summed E-state index contributed by atoms with van der Waals surface area (Å²) in [5, 5.41) is 2.88. The fourth-order valence-electron chi connectivity index (χ4n) is 5.03. The van der Waals surface area contributed by atoms with Crippen LogP contribution in [0.3, 0.4) is 0 Å². The van der Waals surface area contributed by atoms with Crippen LogP contribution in [-0.4, -0.2) is 58.2 Å². The number of hydrogen-bond acceptors (Lipinski definition) is 4. The topological polar surface area (TPSA) is 67.9 Å². The standard InChI is InChI=1S/C30H44N2O4Si/c1-7-8-9-25-20-24-21-26(36-3)14-15-27(24)29(32(25)28(33)16-19-37(4,5)6)22-10-12-23(13-11-22)30(34)31-17-18-35-2/h10-15,21,25,29H,7-9,16-20H2,1-6H3,(H,31,34)/t25-,29-/m0/s1. The second kappa shape index (κ2) is 13.2. The smallest absolute Gasteiger partial charge is 0.251 e. The summed E-state index contributed by atoms with van der Waals surface area (Å²) in [7, 11) is 1.94. The molecule has 2 amide bonds. The lowest BCUT2D eigenvalue weighted by molar-refractivity contribution is -0.136. The molecule has 1 aliphatic heterocycles. The van der Waals surface area contributed by atoms with Gasteiger partial charge in [0, 0.05) is 39.8 Å². The first-order valence-corrected chi connectivity index (χ1v) is 17.2. The van der Waals surface area contributed by atoms with Crippen molar-refractivity contribution in [3.8, 4) is 5.75 Å². The monoisotopic (exact) mass is 524 g/mol. The SMILES string of the molecule is CCCC[C@H]1Cc2cc(OC)ccc2[C@H](c2ccc(C(=O)NCCOC)cc2)N1C(=O)CC[Si](C)(C)C. The summed E-state index contributed by atoms with van der Waals surface area (Å²) >= 11 is 0. The number of fused-ring (bicyclic) bond motifs is 1. The number of nitrogens with zero attached hydrogens (tertiary/aromatic N) is 1. The van der Waals surface area contributed by atoms with Crippen LogP contribution in [0.5, 0.6) is 5.75 Å². The minimum Gasteiger partial charge on any atom is -0.497 e. The number of hydrogen-bond donors (Lipinski definition) is 1. The number of amides is 2. The molecular weight excluding hydrogens is 480 g/mol. The van der Waals surface area contributed by atoms with E-state index in [-0.39, 0.29) is 23.9 Å². The molecule has 0 radical (unpaired) electrons. The normalized spacial score (nSPS) is 17.3. The molecule has 0 spiro atoms. The zero-order valence-electron chi connectivity index (χ0n) is 23.4. The van der Waals surface area contributed by atoms with E-state index < -0.39 is 8.07 Å². The van der Waals surface area contributed by atoms with Gasteiger partial charge in [0.15, 0.2) is 0 Å². The molecule has 2 aromatic rings. The van der Waals surface area contributed by atoms with Crippen molar-refractivity contribution in [1.29, 1.82) is 0 Å². The number of benzene rings is 2. The first-order valence-electron chi connectivity index (χ1n) is 13.5. The molecule has 202 valence electrons. The molecule has 0 fully saturated rings. The van der Waals surface area contributed by atoms with E-state index in [9.17, 15) is 9.59 Å². The zero-order valence-corrected chi connectivity index (χ0v) is 24.4. The van der Waals surface area contributed by atoms with Gasteiger partial charge in [0.05, 0.1) is 19.8 Å². The Morgan fingerprint density at radius 1 is 1.08 bits per heavy atom. The number of carbonyl (C=O) groups excluding carboxylic acids is 2. The quantitative estimate of drug-likeness (QED) is 0.280. The Morgan fingerprint density at radius 2 is 1.81 bits per heavy atom. The van der Waals surface area contributed by atoms with Gasteiger partial charge >= 0.3 is 0 Å². The van der Waals surface area contributed by atoms with Gasteiger partial charge in [-0.3, -0.25) is 9.59 Å². The van der Waals surface area contributed by atoms with Crippen LogP contribution in [-0.2, 0) is 16.0 Å². The van der Waals surface area contributed by atoms with E-state index >= 15 is 0 Å². The van der Waals surface area contributed by atoms with Crippen molar-refractivity contribution in [2.24, 2.45) is 0 Å². The van der Waals surface area contributed by atoms with Gasteiger partial charge < -0.3 is 19.7 Å². The van der Waals surface area contributed by atoms with Crippen molar-refractivity contribution in [2.45, 2.75) is 76.8 Å². The fraction of sp³-hybridized carbons (Fsp3) is 0.533. The van der Waals surface area contributed by atoms with E-state index in [4.69, 9.17) is 9.47 Å². The van der Waals surface area contributed by atoms with E-state index in [0.717, 1.165) is 48.6 Å². The molecule has 0 saturated carbocycles. The van der Waals surface area contributed by atoms with Crippen LogP contribution in [0.25, 0.3) is 0 Å². The highest BCUT2D eigenvalue weighted by Gasteiger charge is 2.38. The molecule has 0 aliphatic carbocycles. The zero-order chi connectivity index (χ0) is 27.0. The number of rotatable bonds is 12. The summed E-state index contributed by atoms with van der Waals surface area (Å²) in [5.74, 6) is 0.950. The number of unbranched alkanes of at least 4 members (excludes halogenated alkanes) is 1. The van der Waals surface area contributed by atoms with Crippen molar-refractivity contribution in [1.82, 2.24) is 10.2 Å². The number of methoxy groups -OCH3 is 2. The van der Waals surface area contributed by atoms with Crippen molar-refractivity contribution in [2.75, 3.05) is 27.4 Å². The summed E-state index contributed by atoms with van der Waals surface area (Å²) in [4.78, 5) is 28.6. The molecular formula is C30H44N2O4Si. The minimum atomic E-state index is -1.37. The molecule has 37 heavy (non-hydrogen) atoms. The van der Waals surface area contributed by atoms with Crippen molar-refractivity contribution < 1.29 is 19.1 Å². The molecule has 1 heterocycles. The van der Waals surface area contributed by atoms with Gasteiger partial charge in [-0.25, -0.2) is 0 Å². The maximum Gasteiger partial charge on any atom is 0.251 e. The maximum atomic E-state index is 13.9. The van der Waals surface area contributed by atoms with E-state index in [0.29, 0.717) is 25.1 Å². The van der Waals surface area contributed by atoms with E-state index in [1.807, 2.05) is 30.3 Å². The van der Waals surface area contributed by atoms with Crippen LogP contribution in [0.1, 0.15) is 65.7 Å². The van der Waals surface area contributed by atoms with Gasteiger partial charge in [-0.1, -0.05) is 57.6 Å². The van der Waals surface area contributed by atoms with E-state index in [1.54, 1.807) is 14.2 Å². The lowest BCUT2D eigenvalue weighted by Gasteiger charge is -2.44. The third kappa shape index (κ3) is 7.68. The molecule has 0 bridgehead atoms. The third-order valence-corrected chi connectivity index (χ3v) is 8.87. The molecule has 1 N–H and O–H groups in total. The Hall–Kier alpha value is -2.64. The van der Waals surface area contributed by atoms with Gasteiger partial charge in [0.1, 0.15) is 5.75 Å². The Bertz CT molecular complexity index is 1050. The average molecular weight is 525 g/mol. The second-order valence-electron chi connectivity index (χ2n) is 11.2. The van der Waals surface area contributed by atoms with Gasteiger partial charge in [0.2, 0.25) is 5.91 Å². The van der Waals surface area contributed by atoms with Crippen molar-refractivity contribution >= 4 is 19.9 Å². The molecule has 0 saturated heterocycles. The number of ether oxygens (including phenoxy) is 2. The summed E-state index contributed by atoms with van der Waals surface area (Å²) in [6, 6.07) is 14.9. The molecule has 0 aromatic heterocycles. The van der Waals surface area contributed by atoms with Crippen LogP contribution < -0.4 is 10.1 Å².